The van der Waals surface area contributed by atoms with Crippen molar-refractivity contribution in [3.05, 3.63) is 77.0 Å². The van der Waals surface area contributed by atoms with E-state index in [0.29, 0.717) is 0 Å². The number of rotatable bonds is 7. The van der Waals surface area contributed by atoms with Gasteiger partial charge in [-0.15, -0.1) is 0 Å². The standard InChI is InChI=1S/C30H21F3N6O8S/c1-13(40)47-21(22-29(45)38(11-12-46-22)19-8-4-7-18(36-19)30(31,32)33)26(42)35-17-10-9-16-23(20(17)24(34)41)48-37-25(16)39-27(43)14-5-2-3-6-15(14)28(39)44/h2-10,21-22H,11-12H2,1H3,(H2,34,41)(H,35,42)/t21-,22-/m1/s1. The number of carbonyl (C=O) groups is 6. The van der Waals surface area contributed by atoms with Crippen LogP contribution in [0.3, 0.4) is 0 Å². The Morgan fingerprint density at radius 2 is 1.73 bits per heavy atom. The van der Waals surface area contributed by atoms with E-state index < -0.39 is 59.6 Å². The van der Waals surface area contributed by atoms with Crippen LogP contribution in [0.5, 0.6) is 0 Å². The molecule has 6 rings (SSSR count). The molecule has 0 spiro atoms. The van der Waals surface area contributed by atoms with Crippen molar-refractivity contribution in [3.63, 3.8) is 0 Å². The Balaban J connectivity index is 1.31. The summed E-state index contributed by atoms with van der Waals surface area (Å²) in [4.78, 5) is 83.2. The zero-order valence-electron chi connectivity index (χ0n) is 24.4. The van der Waals surface area contributed by atoms with E-state index in [4.69, 9.17) is 15.2 Å². The van der Waals surface area contributed by atoms with Crippen LogP contribution >= 0.6 is 11.5 Å². The minimum Gasteiger partial charge on any atom is -0.449 e. The topological polar surface area (TPSA) is 191 Å². The highest BCUT2D eigenvalue weighted by Gasteiger charge is 2.44. The predicted molar refractivity (Wildman–Crippen MR) is 161 cm³/mol. The fourth-order valence-electron chi connectivity index (χ4n) is 5.30. The molecule has 5 amide bonds. The lowest BCUT2D eigenvalue weighted by molar-refractivity contribution is -0.167. The number of carbonyl (C=O) groups excluding carboxylic acids is 6. The van der Waals surface area contributed by atoms with Crippen LogP contribution in [0.1, 0.15) is 43.7 Å². The number of alkyl halides is 3. The first-order chi connectivity index (χ1) is 22.8. The Bertz CT molecular complexity index is 2020. The van der Waals surface area contributed by atoms with E-state index in [2.05, 4.69) is 14.7 Å². The molecule has 4 heterocycles. The number of aromatic nitrogens is 2. The zero-order chi connectivity index (χ0) is 34.5. The van der Waals surface area contributed by atoms with Gasteiger partial charge in [-0.2, -0.15) is 17.5 Å². The molecule has 1 fully saturated rings. The number of hydrogen-bond acceptors (Lipinski definition) is 11. The number of anilines is 3. The number of amides is 5. The second-order valence-corrected chi connectivity index (χ2v) is 11.2. The van der Waals surface area contributed by atoms with Crippen molar-refractivity contribution in [3.8, 4) is 0 Å². The van der Waals surface area contributed by atoms with Crippen LogP contribution in [0.4, 0.5) is 30.5 Å². The molecule has 2 aromatic carbocycles. The smallest absolute Gasteiger partial charge is 0.433 e. The third kappa shape index (κ3) is 5.60. The van der Waals surface area contributed by atoms with Gasteiger partial charge in [0.1, 0.15) is 11.5 Å². The number of imide groups is 1. The van der Waals surface area contributed by atoms with E-state index in [1.165, 1.54) is 24.3 Å². The number of hydrogen-bond donors (Lipinski definition) is 2. The molecule has 2 aliphatic heterocycles. The highest BCUT2D eigenvalue weighted by molar-refractivity contribution is 7.14. The molecule has 2 aliphatic rings. The van der Waals surface area contributed by atoms with Gasteiger partial charge in [0.15, 0.2) is 11.9 Å². The lowest BCUT2D eigenvalue weighted by Crippen LogP contribution is -2.57. The Kier molecular flexibility index (Phi) is 8.13. The lowest BCUT2D eigenvalue weighted by atomic mass is 10.1. The van der Waals surface area contributed by atoms with Crippen LogP contribution in [-0.4, -0.2) is 70.2 Å². The van der Waals surface area contributed by atoms with Gasteiger partial charge in [0.25, 0.3) is 29.5 Å². The fourth-order valence-corrected chi connectivity index (χ4v) is 6.22. The SMILES string of the molecule is CC(=O)O[C@@H](C(=O)Nc1ccc2c(N3C(=O)c4ccccc4C3=O)nsc2c1C(N)=O)[C@H]1OCCN(c2cccc(C(F)(F)F)n2)C1=O. The summed E-state index contributed by atoms with van der Waals surface area (Å²) in [7, 11) is 0. The quantitative estimate of drug-likeness (QED) is 0.216. The summed E-state index contributed by atoms with van der Waals surface area (Å²) in [5.74, 6) is -5.89. The highest BCUT2D eigenvalue weighted by Crippen LogP contribution is 2.39. The number of benzene rings is 2. The summed E-state index contributed by atoms with van der Waals surface area (Å²) in [6.45, 7) is 0.472. The first-order valence-corrected chi connectivity index (χ1v) is 14.7. The van der Waals surface area contributed by atoms with Gasteiger partial charge in [0, 0.05) is 12.3 Å². The molecule has 2 atom stereocenters. The van der Waals surface area contributed by atoms with Crippen molar-refractivity contribution >= 4 is 74.4 Å². The first kappa shape index (κ1) is 32.2. The molecule has 1 saturated heterocycles. The average Bonchev–Trinajstić information content (AvgIpc) is 3.56. The zero-order valence-corrected chi connectivity index (χ0v) is 25.3. The van der Waals surface area contributed by atoms with Crippen molar-refractivity contribution in [2.45, 2.75) is 25.3 Å². The minimum absolute atomic E-state index is 0.0659. The van der Waals surface area contributed by atoms with Gasteiger partial charge in [-0.05, 0) is 47.9 Å². The van der Waals surface area contributed by atoms with Crippen LogP contribution in [0.2, 0.25) is 0 Å². The molecule has 0 unspecified atom stereocenters. The van der Waals surface area contributed by atoms with Gasteiger partial charge in [-0.1, -0.05) is 18.2 Å². The van der Waals surface area contributed by atoms with Gasteiger partial charge >= 0.3 is 12.1 Å². The van der Waals surface area contributed by atoms with Gasteiger partial charge < -0.3 is 20.5 Å². The van der Waals surface area contributed by atoms with Crippen LogP contribution in [0.15, 0.2) is 54.6 Å². The fraction of sp³-hybridized carbons (Fsp3) is 0.200. The van der Waals surface area contributed by atoms with E-state index >= 15 is 0 Å². The molecular formula is C30H21F3N6O8S. The Labute approximate surface area is 271 Å². The number of morpholine rings is 1. The molecule has 14 nitrogen and oxygen atoms in total. The maximum atomic E-state index is 13.6. The summed E-state index contributed by atoms with van der Waals surface area (Å²) in [6.07, 6.45) is -8.59. The van der Waals surface area contributed by atoms with Crippen molar-refractivity contribution < 1.29 is 51.4 Å². The Hall–Kier alpha value is -5.75. The van der Waals surface area contributed by atoms with E-state index in [1.807, 2.05) is 0 Å². The molecule has 3 N–H and O–H groups in total. The number of halogens is 3. The molecule has 4 aromatic rings. The predicted octanol–water partition coefficient (Wildman–Crippen LogP) is 2.91. The molecule has 48 heavy (non-hydrogen) atoms. The molecule has 2 aromatic heterocycles. The summed E-state index contributed by atoms with van der Waals surface area (Å²) in [6, 6.07) is 11.7. The number of nitrogens with zero attached hydrogens (tertiary/aromatic N) is 4. The Morgan fingerprint density at radius 3 is 2.35 bits per heavy atom. The molecule has 0 aliphatic carbocycles. The number of pyridine rings is 1. The average molecular weight is 683 g/mol. The number of primary amides is 1. The number of nitrogens with two attached hydrogens (primary N) is 1. The normalized spacial score (nSPS) is 17.0. The Morgan fingerprint density at radius 1 is 1.04 bits per heavy atom. The van der Waals surface area contributed by atoms with E-state index in [1.54, 1.807) is 12.1 Å². The van der Waals surface area contributed by atoms with Crippen molar-refractivity contribution in [2.75, 3.05) is 28.3 Å². The minimum atomic E-state index is -4.80. The summed E-state index contributed by atoms with van der Waals surface area (Å²) < 4.78 is 54.8. The monoisotopic (exact) mass is 682 g/mol. The van der Waals surface area contributed by atoms with E-state index in [-0.39, 0.29) is 57.3 Å². The number of fused-ring (bicyclic) bond motifs is 2. The third-order valence-corrected chi connectivity index (χ3v) is 8.25. The van der Waals surface area contributed by atoms with Crippen LogP contribution in [0, 0.1) is 0 Å². The summed E-state index contributed by atoms with van der Waals surface area (Å²) >= 11 is 0.722. The van der Waals surface area contributed by atoms with Crippen molar-refractivity contribution in [1.29, 1.82) is 0 Å². The third-order valence-electron chi connectivity index (χ3n) is 7.38. The van der Waals surface area contributed by atoms with Crippen LogP contribution < -0.4 is 20.9 Å². The van der Waals surface area contributed by atoms with Crippen LogP contribution in [0.25, 0.3) is 10.1 Å². The second-order valence-electron chi connectivity index (χ2n) is 10.4. The first-order valence-electron chi connectivity index (χ1n) is 13.9. The number of esters is 1. The van der Waals surface area contributed by atoms with Gasteiger partial charge in [0.2, 0.25) is 6.10 Å². The second kappa shape index (κ2) is 12.1. The summed E-state index contributed by atoms with van der Waals surface area (Å²) in [5.41, 5.74) is 4.28. The van der Waals surface area contributed by atoms with Gasteiger partial charge in [-0.25, -0.2) is 9.88 Å². The largest absolute Gasteiger partial charge is 0.449 e. The van der Waals surface area contributed by atoms with Gasteiger partial charge in [-0.3, -0.25) is 33.7 Å². The molecule has 18 heteroatoms. The number of ether oxygens (including phenoxy) is 2. The van der Waals surface area contributed by atoms with Gasteiger partial charge in [0.05, 0.1) is 40.2 Å². The molecule has 0 bridgehead atoms. The molecule has 0 saturated carbocycles. The van der Waals surface area contributed by atoms with Crippen LogP contribution in [-0.2, 0) is 30.0 Å². The van der Waals surface area contributed by atoms with Crippen molar-refractivity contribution in [1.82, 2.24) is 9.36 Å². The lowest BCUT2D eigenvalue weighted by Gasteiger charge is -2.34. The summed E-state index contributed by atoms with van der Waals surface area (Å²) in [5, 5.41) is 2.59. The van der Waals surface area contributed by atoms with Crippen molar-refractivity contribution in [2.24, 2.45) is 5.73 Å². The number of nitrogens with one attached hydrogen (secondary N) is 1. The highest BCUT2D eigenvalue weighted by atomic mass is 32.1. The molecule has 0 radical (unpaired) electrons. The van der Waals surface area contributed by atoms with E-state index in [0.717, 1.165) is 46.5 Å². The van der Waals surface area contributed by atoms with E-state index in [9.17, 15) is 41.9 Å². The maximum absolute atomic E-state index is 13.6. The molecule has 246 valence electrons. The molecular weight excluding hydrogens is 661 g/mol. The maximum Gasteiger partial charge on any atom is 0.433 e.